The molecule has 0 radical (unpaired) electrons. The molecular formula is C9H17NO3. The Kier molecular flexibility index (Phi) is 3.41. The number of unbranched alkanes of at least 4 members (excludes halogenated alkanes) is 1. The molecule has 1 aliphatic heterocycles. The molecule has 4 nitrogen and oxygen atoms in total. The number of carbonyl (C=O) groups excluding carboxylic acids is 1. The molecule has 1 aliphatic rings. The number of rotatable bonds is 4. The lowest BCUT2D eigenvalue weighted by atomic mass is 10.1. The number of hydrogen-bond donors (Lipinski definition) is 1. The van der Waals surface area contributed by atoms with E-state index < -0.39 is 5.72 Å². The Bertz CT molecular complexity index is 182. The van der Waals surface area contributed by atoms with E-state index in [1.54, 1.807) is 0 Å². The SMILES string of the molecule is CC1(C)OC[C@@H](CCCC=O)N1O. The van der Waals surface area contributed by atoms with Crippen LogP contribution in [-0.4, -0.2) is 34.9 Å². The van der Waals surface area contributed by atoms with Crippen molar-refractivity contribution in [2.45, 2.75) is 44.9 Å². The van der Waals surface area contributed by atoms with Crippen LogP contribution in [0.2, 0.25) is 0 Å². The highest BCUT2D eigenvalue weighted by Gasteiger charge is 2.39. The molecular weight excluding hydrogens is 170 g/mol. The summed E-state index contributed by atoms with van der Waals surface area (Å²) >= 11 is 0. The minimum Gasteiger partial charge on any atom is -0.357 e. The lowest BCUT2D eigenvalue weighted by molar-refractivity contribution is -0.219. The first-order chi connectivity index (χ1) is 6.08. The summed E-state index contributed by atoms with van der Waals surface area (Å²) in [5, 5.41) is 10.9. The number of nitrogens with zero attached hydrogens (tertiary/aromatic N) is 1. The Morgan fingerprint density at radius 1 is 1.69 bits per heavy atom. The van der Waals surface area contributed by atoms with E-state index in [9.17, 15) is 10.0 Å². The highest BCUT2D eigenvalue weighted by molar-refractivity contribution is 5.48. The monoisotopic (exact) mass is 187 g/mol. The molecule has 0 saturated carbocycles. The highest BCUT2D eigenvalue weighted by atomic mass is 16.6. The van der Waals surface area contributed by atoms with Gasteiger partial charge in [-0.25, -0.2) is 0 Å². The molecule has 0 spiro atoms. The predicted molar refractivity (Wildman–Crippen MR) is 47.4 cm³/mol. The van der Waals surface area contributed by atoms with Crippen LogP contribution in [0.5, 0.6) is 0 Å². The van der Waals surface area contributed by atoms with Crippen molar-refractivity contribution >= 4 is 6.29 Å². The maximum absolute atomic E-state index is 10.1. The van der Waals surface area contributed by atoms with Gasteiger partial charge in [0.25, 0.3) is 0 Å². The molecule has 1 saturated heterocycles. The van der Waals surface area contributed by atoms with E-state index in [0.717, 1.165) is 19.1 Å². The Hall–Kier alpha value is -0.450. The summed E-state index contributed by atoms with van der Waals surface area (Å²) in [4.78, 5) is 10.1. The summed E-state index contributed by atoms with van der Waals surface area (Å²) in [6, 6.07) is 0.0370. The zero-order valence-electron chi connectivity index (χ0n) is 8.19. The van der Waals surface area contributed by atoms with E-state index >= 15 is 0 Å². The molecule has 0 aromatic heterocycles. The van der Waals surface area contributed by atoms with Crippen molar-refractivity contribution < 1.29 is 14.7 Å². The zero-order chi connectivity index (χ0) is 9.90. The van der Waals surface area contributed by atoms with E-state index in [-0.39, 0.29) is 6.04 Å². The lowest BCUT2D eigenvalue weighted by Crippen LogP contribution is -2.41. The van der Waals surface area contributed by atoms with Gasteiger partial charge >= 0.3 is 0 Å². The van der Waals surface area contributed by atoms with Gasteiger partial charge in [-0.1, -0.05) is 0 Å². The average molecular weight is 187 g/mol. The Labute approximate surface area is 78.4 Å². The summed E-state index contributed by atoms with van der Waals surface area (Å²) in [6.07, 6.45) is 3.08. The number of hydrogen-bond acceptors (Lipinski definition) is 4. The molecule has 0 aromatic carbocycles. The van der Waals surface area contributed by atoms with Crippen molar-refractivity contribution in [3.05, 3.63) is 0 Å². The second-order valence-corrected chi connectivity index (χ2v) is 3.85. The molecule has 76 valence electrons. The number of hydroxylamine groups is 2. The van der Waals surface area contributed by atoms with Crippen molar-refractivity contribution in [1.29, 1.82) is 0 Å². The van der Waals surface area contributed by atoms with Gasteiger partial charge < -0.3 is 14.7 Å². The number of aldehydes is 1. The van der Waals surface area contributed by atoms with Gasteiger partial charge in [-0.3, -0.25) is 0 Å². The van der Waals surface area contributed by atoms with Crippen LogP contribution in [0.4, 0.5) is 0 Å². The fourth-order valence-corrected chi connectivity index (χ4v) is 1.52. The van der Waals surface area contributed by atoms with Crippen molar-refractivity contribution in [3.63, 3.8) is 0 Å². The van der Waals surface area contributed by atoms with Gasteiger partial charge in [0.2, 0.25) is 0 Å². The third-order valence-corrected chi connectivity index (χ3v) is 2.39. The largest absolute Gasteiger partial charge is 0.357 e. The first kappa shape index (κ1) is 10.6. The molecule has 1 atom stereocenters. The van der Waals surface area contributed by atoms with Crippen molar-refractivity contribution in [2.24, 2.45) is 0 Å². The summed E-state index contributed by atoms with van der Waals surface area (Å²) in [5.41, 5.74) is -0.578. The molecule has 0 bridgehead atoms. The van der Waals surface area contributed by atoms with E-state index in [4.69, 9.17) is 4.74 Å². The Morgan fingerprint density at radius 2 is 2.38 bits per heavy atom. The second-order valence-electron chi connectivity index (χ2n) is 3.85. The first-order valence-electron chi connectivity index (χ1n) is 4.64. The summed E-state index contributed by atoms with van der Waals surface area (Å²) < 4.78 is 5.38. The van der Waals surface area contributed by atoms with E-state index in [0.29, 0.717) is 13.0 Å². The van der Waals surface area contributed by atoms with E-state index in [1.165, 1.54) is 5.06 Å². The minimum atomic E-state index is -0.578. The van der Waals surface area contributed by atoms with Crippen LogP contribution in [0, 0.1) is 0 Å². The van der Waals surface area contributed by atoms with Gasteiger partial charge in [-0.05, 0) is 26.7 Å². The van der Waals surface area contributed by atoms with Crippen LogP contribution in [0.25, 0.3) is 0 Å². The molecule has 1 fully saturated rings. The Balaban J connectivity index is 2.33. The predicted octanol–water partition coefficient (Wildman–Crippen LogP) is 1.18. The minimum absolute atomic E-state index is 0.0370. The third-order valence-electron chi connectivity index (χ3n) is 2.39. The van der Waals surface area contributed by atoms with Gasteiger partial charge in [0.15, 0.2) is 0 Å². The second kappa shape index (κ2) is 4.17. The molecule has 13 heavy (non-hydrogen) atoms. The molecule has 0 unspecified atom stereocenters. The number of carbonyl (C=O) groups is 1. The quantitative estimate of drug-likeness (QED) is 0.530. The maximum atomic E-state index is 10.1. The smallest absolute Gasteiger partial charge is 0.138 e. The standard InChI is InChI=1S/C9H17NO3/c1-9(2)10(12)8(7-13-9)5-3-4-6-11/h6,8,12H,3-5,7H2,1-2H3/t8-/m1/s1. The summed E-state index contributed by atoms with van der Waals surface area (Å²) in [7, 11) is 0. The van der Waals surface area contributed by atoms with E-state index in [2.05, 4.69) is 0 Å². The van der Waals surface area contributed by atoms with Crippen LogP contribution in [0.3, 0.4) is 0 Å². The van der Waals surface area contributed by atoms with Gasteiger partial charge in [0.1, 0.15) is 12.0 Å². The van der Waals surface area contributed by atoms with Crippen LogP contribution in [0.1, 0.15) is 33.1 Å². The summed E-state index contributed by atoms with van der Waals surface area (Å²) in [6.45, 7) is 4.20. The third kappa shape index (κ3) is 2.49. The number of ether oxygens (including phenoxy) is 1. The van der Waals surface area contributed by atoms with Gasteiger partial charge in [0.05, 0.1) is 12.6 Å². The normalized spacial score (nSPS) is 27.8. The molecule has 4 heteroatoms. The molecule has 0 amide bonds. The van der Waals surface area contributed by atoms with Crippen LogP contribution < -0.4 is 0 Å². The molecule has 1 N–H and O–H groups in total. The molecule has 1 rings (SSSR count). The van der Waals surface area contributed by atoms with Gasteiger partial charge in [-0.2, -0.15) is 5.06 Å². The topological polar surface area (TPSA) is 49.8 Å². The fraction of sp³-hybridized carbons (Fsp3) is 0.889. The molecule has 1 heterocycles. The van der Waals surface area contributed by atoms with Crippen LogP contribution in [0.15, 0.2) is 0 Å². The molecule has 0 aromatic rings. The molecule has 0 aliphatic carbocycles. The Morgan fingerprint density at radius 3 is 2.85 bits per heavy atom. The van der Waals surface area contributed by atoms with Crippen LogP contribution >= 0.6 is 0 Å². The van der Waals surface area contributed by atoms with E-state index in [1.807, 2.05) is 13.8 Å². The zero-order valence-corrected chi connectivity index (χ0v) is 8.19. The fourth-order valence-electron chi connectivity index (χ4n) is 1.52. The lowest BCUT2D eigenvalue weighted by Gasteiger charge is -2.26. The van der Waals surface area contributed by atoms with Crippen molar-refractivity contribution in [3.8, 4) is 0 Å². The summed E-state index contributed by atoms with van der Waals surface area (Å²) in [5.74, 6) is 0. The maximum Gasteiger partial charge on any atom is 0.138 e. The van der Waals surface area contributed by atoms with Gasteiger partial charge in [-0.15, -0.1) is 0 Å². The van der Waals surface area contributed by atoms with Gasteiger partial charge in [0, 0.05) is 6.42 Å². The average Bonchev–Trinajstić information content (AvgIpc) is 2.32. The van der Waals surface area contributed by atoms with Crippen molar-refractivity contribution in [2.75, 3.05) is 6.61 Å². The van der Waals surface area contributed by atoms with Crippen LogP contribution in [-0.2, 0) is 9.53 Å². The highest BCUT2D eigenvalue weighted by Crippen LogP contribution is 2.27. The van der Waals surface area contributed by atoms with Crippen molar-refractivity contribution in [1.82, 2.24) is 5.06 Å². The first-order valence-corrected chi connectivity index (χ1v) is 4.64.